The summed E-state index contributed by atoms with van der Waals surface area (Å²) in [7, 11) is 2.34. The molecule has 0 saturated heterocycles. The summed E-state index contributed by atoms with van der Waals surface area (Å²) in [4.78, 5) is 35.5. The van der Waals surface area contributed by atoms with Crippen molar-refractivity contribution in [2.45, 2.75) is 38.8 Å². The third-order valence-electron chi connectivity index (χ3n) is 2.60. The molecular weight excluding hydrogens is 292 g/mol. The highest BCUT2D eigenvalue weighted by atomic mass is 16.6. The number of esters is 2. The van der Waals surface area contributed by atoms with Crippen LogP contribution in [0.1, 0.15) is 29.9 Å². The number of carbonyl (C=O) groups excluding carboxylic acids is 3. The fourth-order valence-electron chi connectivity index (χ4n) is 1.66. The first-order valence-corrected chi connectivity index (χ1v) is 6.73. The molecule has 2 atom stereocenters. The van der Waals surface area contributed by atoms with Crippen molar-refractivity contribution >= 4 is 18.0 Å². The van der Waals surface area contributed by atoms with Gasteiger partial charge < -0.3 is 24.8 Å². The van der Waals surface area contributed by atoms with Gasteiger partial charge in [0.05, 0.1) is 20.1 Å². The van der Waals surface area contributed by atoms with Crippen molar-refractivity contribution in [3.05, 3.63) is 0 Å². The van der Waals surface area contributed by atoms with Gasteiger partial charge in [0.2, 0.25) is 0 Å². The average Bonchev–Trinajstić information content (AvgIpc) is 2.46. The molecule has 0 radical (unpaired) electrons. The molecule has 8 heteroatoms. The van der Waals surface area contributed by atoms with Crippen molar-refractivity contribution < 1.29 is 31.3 Å². The van der Waals surface area contributed by atoms with E-state index < -0.39 is 42.6 Å². The van der Waals surface area contributed by atoms with Crippen LogP contribution in [0, 0.1) is 5.92 Å². The zero-order valence-electron chi connectivity index (χ0n) is 15.6. The zero-order chi connectivity index (χ0) is 18.9. The van der Waals surface area contributed by atoms with Crippen LogP contribution in [0.4, 0.5) is 4.79 Å². The van der Waals surface area contributed by atoms with Crippen molar-refractivity contribution in [1.29, 1.82) is 0 Å². The number of amides is 1. The first kappa shape index (κ1) is 16.5. The van der Waals surface area contributed by atoms with E-state index in [1.165, 1.54) is 7.11 Å². The second kappa shape index (κ2) is 9.24. The molecule has 0 heterocycles. The highest BCUT2D eigenvalue weighted by Crippen LogP contribution is 2.12. The van der Waals surface area contributed by atoms with E-state index in [0.29, 0.717) is 0 Å². The minimum atomic E-state index is -1.34. The Kier molecular flexibility index (Phi) is 6.95. The maximum atomic E-state index is 11.9. The third kappa shape index (κ3) is 7.82. The average molecular weight is 320 g/mol. The fourth-order valence-corrected chi connectivity index (χ4v) is 1.66. The lowest BCUT2D eigenvalue weighted by atomic mass is 10.00. The molecule has 0 aromatic carbocycles. The largest absolute Gasteiger partial charge is 0.469 e. The summed E-state index contributed by atoms with van der Waals surface area (Å²) in [5.74, 6) is -2.24. The van der Waals surface area contributed by atoms with E-state index in [4.69, 9.17) is 7.48 Å². The molecule has 0 aliphatic carbocycles. The Bertz CT molecular complexity index is 439. The van der Waals surface area contributed by atoms with Gasteiger partial charge >= 0.3 is 18.0 Å². The number of hydrogen-bond acceptors (Lipinski definition) is 7. The Hall–Kier alpha value is -1.83. The first-order chi connectivity index (χ1) is 11.0. The molecule has 0 saturated carbocycles. The molecule has 22 heavy (non-hydrogen) atoms. The van der Waals surface area contributed by atoms with Gasteiger partial charge in [-0.25, -0.2) is 9.59 Å². The minimum Gasteiger partial charge on any atom is -0.469 e. The monoisotopic (exact) mass is 320 g/mol. The second-order valence-corrected chi connectivity index (χ2v) is 5.59. The number of ether oxygens (including phenoxy) is 3. The number of nitrogens with one attached hydrogen (secondary N) is 2. The van der Waals surface area contributed by atoms with Crippen molar-refractivity contribution in [3.8, 4) is 0 Å². The molecule has 0 fully saturated rings. The van der Waals surface area contributed by atoms with Gasteiger partial charge in [-0.15, -0.1) is 0 Å². The number of rotatable bonds is 7. The Morgan fingerprint density at radius 3 is 2.18 bits per heavy atom. The Morgan fingerprint density at radius 2 is 1.73 bits per heavy atom. The molecule has 0 aliphatic rings. The molecule has 2 N–H and O–H groups in total. The summed E-state index contributed by atoms with van der Waals surface area (Å²) in [5, 5.41) is 4.81. The van der Waals surface area contributed by atoms with E-state index in [9.17, 15) is 14.4 Å². The standard InChI is InChI=1S/C14H26N2O6/c1-14(2,3)22-13(19)16-10(12(18)21-6)7-9(8-15-4)11(17)20-5/h9-10,15H,7-8H2,1-6H3,(H,16,19)/t9-,10+/m1/s1/i4D2. The Balaban J connectivity index is 5.03. The van der Waals surface area contributed by atoms with Crippen LogP contribution in [-0.2, 0) is 23.8 Å². The third-order valence-corrected chi connectivity index (χ3v) is 2.60. The molecule has 128 valence electrons. The summed E-state index contributed by atoms with van der Waals surface area (Å²) in [6.07, 6.45) is -0.952. The molecule has 0 spiro atoms. The van der Waals surface area contributed by atoms with Crippen LogP contribution >= 0.6 is 0 Å². The predicted octanol–water partition coefficient (Wildman–Crippen LogP) is 0.451. The molecule has 0 aromatic heterocycles. The van der Waals surface area contributed by atoms with Gasteiger partial charge in [-0.2, -0.15) is 0 Å². The van der Waals surface area contributed by atoms with E-state index in [1.54, 1.807) is 20.8 Å². The molecular formula is C14H26N2O6. The molecule has 0 rings (SSSR count). The van der Waals surface area contributed by atoms with Crippen LogP contribution in [-0.4, -0.2) is 57.4 Å². The highest BCUT2D eigenvalue weighted by molar-refractivity contribution is 5.82. The van der Waals surface area contributed by atoms with Gasteiger partial charge in [0.25, 0.3) is 0 Å². The van der Waals surface area contributed by atoms with Crippen LogP contribution in [0.25, 0.3) is 0 Å². The summed E-state index contributed by atoms with van der Waals surface area (Å²) in [6.45, 7) is 3.61. The second-order valence-electron chi connectivity index (χ2n) is 5.59. The quantitative estimate of drug-likeness (QED) is 0.518. The molecule has 0 unspecified atom stereocenters. The van der Waals surface area contributed by atoms with Gasteiger partial charge in [0.15, 0.2) is 0 Å². The molecule has 0 aromatic rings. The van der Waals surface area contributed by atoms with Crippen LogP contribution in [0.5, 0.6) is 0 Å². The maximum Gasteiger partial charge on any atom is 0.408 e. The summed E-state index contributed by atoms with van der Waals surface area (Å²) >= 11 is 0. The number of carbonyl (C=O) groups is 3. The van der Waals surface area contributed by atoms with Crippen molar-refractivity contribution in [2.24, 2.45) is 5.92 Å². The van der Waals surface area contributed by atoms with Crippen molar-refractivity contribution in [1.82, 2.24) is 10.6 Å². The minimum absolute atomic E-state index is 0.0617. The van der Waals surface area contributed by atoms with Crippen LogP contribution in [0.15, 0.2) is 0 Å². The Labute approximate surface area is 133 Å². The smallest absolute Gasteiger partial charge is 0.408 e. The molecule has 8 nitrogen and oxygen atoms in total. The molecule has 0 aliphatic heterocycles. The van der Waals surface area contributed by atoms with Crippen molar-refractivity contribution in [3.63, 3.8) is 0 Å². The summed E-state index contributed by atoms with van der Waals surface area (Å²) in [5.41, 5.74) is -0.752. The predicted molar refractivity (Wildman–Crippen MR) is 79.2 cm³/mol. The van der Waals surface area contributed by atoms with E-state index in [1.807, 2.05) is 0 Å². The number of methoxy groups -OCH3 is 2. The number of alkyl carbamates (subject to hydrolysis) is 1. The lowest BCUT2D eigenvalue weighted by Gasteiger charge is -2.24. The van der Waals surface area contributed by atoms with Crippen LogP contribution in [0.2, 0.25) is 0 Å². The summed E-state index contributed by atoms with van der Waals surface area (Å²) in [6, 6.07) is -1.13. The van der Waals surface area contributed by atoms with Gasteiger partial charge in [-0.3, -0.25) is 4.79 Å². The molecule has 1 amide bonds. The van der Waals surface area contributed by atoms with E-state index in [0.717, 1.165) is 7.11 Å². The topological polar surface area (TPSA) is 103 Å². The normalized spacial score (nSPS) is 15.2. The van der Waals surface area contributed by atoms with E-state index >= 15 is 0 Å². The van der Waals surface area contributed by atoms with Crippen LogP contribution in [0.3, 0.4) is 0 Å². The van der Waals surface area contributed by atoms with Crippen LogP contribution < -0.4 is 10.6 Å². The van der Waals surface area contributed by atoms with Gasteiger partial charge in [0, 0.05) is 9.29 Å². The number of hydrogen-bond donors (Lipinski definition) is 2. The summed E-state index contributed by atoms with van der Waals surface area (Å²) < 4.78 is 28.6. The first-order valence-electron chi connectivity index (χ1n) is 7.88. The van der Waals surface area contributed by atoms with Gasteiger partial charge in [-0.05, 0) is 34.2 Å². The van der Waals surface area contributed by atoms with E-state index in [-0.39, 0.29) is 13.0 Å². The fraction of sp³-hybridized carbons (Fsp3) is 0.786. The zero-order valence-corrected chi connectivity index (χ0v) is 13.6. The van der Waals surface area contributed by atoms with Crippen molar-refractivity contribution in [2.75, 3.05) is 27.8 Å². The highest BCUT2D eigenvalue weighted by Gasteiger charge is 2.30. The SMILES string of the molecule is [2H]C([2H])NC[C@@H](C[C@H](NC(=O)OC(C)(C)C)C(=O)OC)C(=O)OC. The van der Waals surface area contributed by atoms with Gasteiger partial charge in [0.1, 0.15) is 11.6 Å². The lowest BCUT2D eigenvalue weighted by molar-refractivity contribution is -0.148. The maximum absolute atomic E-state index is 11.9. The Morgan fingerprint density at radius 1 is 1.14 bits per heavy atom. The lowest BCUT2D eigenvalue weighted by Crippen LogP contribution is -2.46. The van der Waals surface area contributed by atoms with Gasteiger partial charge in [-0.1, -0.05) is 0 Å². The van der Waals surface area contributed by atoms with E-state index in [2.05, 4.69) is 20.1 Å². The molecule has 0 bridgehead atoms.